The number of nitrogens with one attached hydrogen (secondary N) is 2. The Labute approximate surface area is 192 Å². The van der Waals surface area contributed by atoms with E-state index in [1.165, 1.54) is 38.7 Å². The van der Waals surface area contributed by atoms with E-state index in [0.717, 1.165) is 32.0 Å². The number of benzene rings is 1. The van der Waals surface area contributed by atoms with Crippen LogP contribution in [0.25, 0.3) is 0 Å². The summed E-state index contributed by atoms with van der Waals surface area (Å²) in [6.45, 7) is 12.0. The largest absolute Gasteiger partial charge is 0.486 e. The first-order valence-corrected chi connectivity index (χ1v) is 10.4. The van der Waals surface area contributed by atoms with E-state index in [2.05, 4.69) is 32.5 Å². The highest BCUT2D eigenvalue weighted by Crippen LogP contribution is 2.16. The second kappa shape index (κ2) is 14.8. The maximum absolute atomic E-state index is 13.7. The summed E-state index contributed by atoms with van der Waals surface area (Å²) in [5.74, 6) is 0.710. The van der Waals surface area contributed by atoms with Crippen LogP contribution in [0, 0.1) is 5.82 Å². The third-order valence-corrected chi connectivity index (χ3v) is 4.80. The van der Waals surface area contributed by atoms with Gasteiger partial charge in [-0.2, -0.15) is 0 Å². The number of guanidine groups is 1. The molecule has 1 aromatic carbocycles. The molecule has 6 nitrogen and oxygen atoms in total. The summed E-state index contributed by atoms with van der Waals surface area (Å²) >= 11 is 0. The molecule has 0 aliphatic carbocycles. The molecule has 1 aromatic rings. The van der Waals surface area contributed by atoms with Gasteiger partial charge < -0.3 is 25.2 Å². The predicted octanol–water partition coefficient (Wildman–Crippen LogP) is 2.79. The monoisotopic (exact) mass is 521 g/mol. The summed E-state index contributed by atoms with van der Waals surface area (Å²) in [6, 6.07) is 6.46. The molecule has 2 N–H and O–H groups in total. The van der Waals surface area contributed by atoms with Crippen LogP contribution in [0.3, 0.4) is 0 Å². The smallest absolute Gasteiger partial charge is 0.191 e. The number of unbranched alkanes of at least 4 members (excludes halogenated alkanes) is 1. The van der Waals surface area contributed by atoms with E-state index in [1.807, 2.05) is 13.8 Å². The van der Waals surface area contributed by atoms with Crippen LogP contribution in [0.2, 0.25) is 0 Å². The number of aliphatic imine (C=N–C) groups is 1. The number of ether oxygens (including phenoxy) is 1. The van der Waals surface area contributed by atoms with Crippen molar-refractivity contribution in [3.05, 3.63) is 30.1 Å². The zero-order chi connectivity index (χ0) is 20.2. The molecule has 0 bridgehead atoms. The van der Waals surface area contributed by atoms with Gasteiger partial charge in [-0.05, 0) is 52.4 Å². The van der Waals surface area contributed by atoms with E-state index in [4.69, 9.17) is 4.74 Å². The van der Waals surface area contributed by atoms with E-state index >= 15 is 0 Å². The molecule has 1 unspecified atom stereocenters. The van der Waals surface area contributed by atoms with Crippen molar-refractivity contribution in [3.63, 3.8) is 0 Å². The molecule has 1 aliphatic rings. The Hall–Kier alpha value is -1.13. The average molecular weight is 521 g/mol. The maximum atomic E-state index is 13.7. The molecular formula is C21H37FIN5O. The zero-order valence-electron chi connectivity index (χ0n) is 18.0. The lowest BCUT2D eigenvalue weighted by molar-refractivity contribution is 0.152. The Kier molecular flexibility index (Phi) is 13.2. The van der Waals surface area contributed by atoms with Crippen molar-refractivity contribution in [2.24, 2.45) is 4.99 Å². The van der Waals surface area contributed by atoms with Gasteiger partial charge in [-0.15, -0.1) is 24.0 Å². The van der Waals surface area contributed by atoms with Gasteiger partial charge in [0.25, 0.3) is 0 Å². The number of para-hydroxylation sites is 1. The molecule has 0 aromatic heterocycles. The quantitative estimate of drug-likeness (QED) is 0.215. The summed E-state index contributed by atoms with van der Waals surface area (Å²) in [4.78, 5) is 9.49. The van der Waals surface area contributed by atoms with Crippen LogP contribution in [0.15, 0.2) is 29.3 Å². The molecule has 2 rings (SSSR count). The number of rotatable bonds is 10. The third-order valence-electron chi connectivity index (χ3n) is 4.80. The minimum atomic E-state index is -0.344. The molecule has 0 amide bonds. The van der Waals surface area contributed by atoms with Gasteiger partial charge in [0.2, 0.25) is 0 Å². The summed E-state index contributed by atoms with van der Waals surface area (Å²) in [5.41, 5.74) is 0. The molecule has 1 saturated heterocycles. The highest BCUT2D eigenvalue weighted by molar-refractivity contribution is 14.0. The normalized spacial score (nSPS) is 16.8. The predicted molar refractivity (Wildman–Crippen MR) is 129 cm³/mol. The van der Waals surface area contributed by atoms with Crippen LogP contribution < -0.4 is 15.4 Å². The van der Waals surface area contributed by atoms with Crippen molar-refractivity contribution >= 4 is 29.9 Å². The summed E-state index contributed by atoms with van der Waals surface area (Å²) < 4.78 is 19.3. The lowest BCUT2D eigenvalue weighted by Crippen LogP contribution is -2.44. The SMILES string of the molecule is CCNC(=NCC(C)Oc1ccccc1F)NCCCCN1CCN(C)CC1.I. The fraction of sp³-hybridized carbons (Fsp3) is 0.667. The van der Waals surface area contributed by atoms with Gasteiger partial charge in [0.15, 0.2) is 17.5 Å². The molecule has 1 aliphatic heterocycles. The summed E-state index contributed by atoms with van der Waals surface area (Å²) in [5, 5.41) is 6.63. The fourth-order valence-electron chi connectivity index (χ4n) is 3.09. The minimum Gasteiger partial charge on any atom is -0.486 e. The van der Waals surface area contributed by atoms with Crippen molar-refractivity contribution in [2.75, 3.05) is 59.4 Å². The first-order valence-electron chi connectivity index (χ1n) is 10.4. The van der Waals surface area contributed by atoms with Gasteiger partial charge in [0.05, 0.1) is 6.54 Å². The second-order valence-corrected chi connectivity index (χ2v) is 7.36. The molecule has 166 valence electrons. The highest BCUT2D eigenvalue weighted by Gasteiger charge is 2.12. The van der Waals surface area contributed by atoms with Crippen molar-refractivity contribution < 1.29 is 9.13 Å². The average Bonchev–Trinajstić information content (AvgIpc) is 2.69. The van der Waals surface area contributed by atoms with Gasteiger partial charge in [-0.3, -0.25) is 0 Å². The van der Waals surface area contributed by atoms with Gasteiger partial charge >= 0.3 is 0 Å². The fourth-order valence-corrected chi connectivity index (χ4v) is 3.09. The van der Waals surface area contributed by atoms with Crippen LogP contribution in [0.4, 0.5) is 4.39 Å². The Bertz CT molecular complexity index is 596. The van der Waals surface area contributed by atoms with E-state index in [0.29, 0.717) is 6.54 Å². The molecule has 0 radical (unpaired) electrons. The number of hydrogen-bond donors (Lipinski definition) is 2. The van der Waals surface area contributed by atoms with E-state index < -0.39 is 0 Å². The maximum Gasteiger partial charge on any atom is 0.191 e. The van der Waals surface area contributed by atoms with Gasteiger partial charge in [0, 0.05) is 39.3 Å². The minimum absolute atomic E-state index is 0. The van der Waals surface area contributed by atoms with Gasteiger partial charge in [0.1, 0.15) is 6.10 Å². The second-order valence-electron chi connectivity index (χ2n) is 7.36. The number of nitrogens with zero attached hydrogens (tertiary/aromatic N) is 3. The molecule has 29 heavy (non-hydrogen) atoms. The van der Waals surface area contributed by atoms with Crippen LogP contribution >= 0.6 is 24.0 Å². The standard InChI is InChI=1S/C21H36FN5O.HI/c1-4-23-21(24-11-7-8-12-27-15-13-26(3)14-16-27)25-17-18(2)28-20-10-6-5-9-19(20)22;/h5-6,9-10,18H,4,7-8,11-17H2,1-3H3,(H2,23,24,25);1H. The molecular weight excluding hydrogens is 484 g/mol. The Morgan fingerprint density at radius 2 is 1.90 bits per heavy atom. The van der Waals surface area contributed by atoms with Crippen LogP contribution in [0.1, 0.15) is 26.7 Å². The van der Waals surface area contributed by atoms with E-state index in [9.17, 15) is 4.39 Å². The Morgan fingerprint density at radius 1 is 1.17 bits per heavy atom. The molecule has 1 atom stereocenters. The highest BCUT2D eigenvalue weighted by atomic mass is 127. The zero-order valence-corrected chi connectivity index (χ0v) is 20.3. The lowest BCUT2D eigenvalue weighted by atomic mass is 10.2. The molecule has 8 heteroatoms. The third kappa shape index (κ3) is 10.5. The molecule has 1 heterocycles. The van der Waals surface area contributed by atoms with Crippen molar-refractivity contribution in [2.45, 2.75) is 32.8 Å². The van der Waals surface area contributed by atoms with E-state index in [-0.39, 0.29) is 41.6 Å². The Morgan fingerprint density at radius 3 is 2.59 bits per heavy atom. The van der Waals surface area contributed by atoms with Crippen LogP contribution in [-0.4, -0.2) is 81.3 Å². The summed E-state index contributed by atoms with van der Waals surface area (Å²) in [7, 11) is 2.19. The van der Waals surface area contributed by atoms with Crippen LogP contribution in [0.5, 0.6) is 5.75 Å². The van der Waals surface area contributed by atoms with Crippen molar-refractivity contribution in [1.82, 2.24) is 20.4 Å². The van der Waals surface area contributed by atoms with Crippen LogP contribution in [-0.2, 0) is 0 Å². The molecule has 0 spiro atoms. The number of piperazine rings is 1. The number of halogens is 2. The van der Waals surface area contributed by atoms with Gasteiger partial charge in [-0.25, -0.2) is 9.38 Å². The molecule has 1 fully saturated rings. The number of likely N-dealkylation sites (N-methyl/N-ethyl adjacent to an activating group) is 1. The number of hydrogen-bond acceptors (Lipinski definition) is 4. The van der Waals surface area contributed by atoms with Gasteiger partial charge in [-0.1, -0.05) is 12.1 Å². The topological polar surface area (TPSA) is 52.1 Å². The van der Waals surface area contributed by atoms with Crippen molar-refractivity contribution in [3.8, 4) is 5.75 Å². The summed E-state index contributed by atoms with van der Waals surface area (Å²) in [6.07, 6.45) is 2.09. The first kappa shape index (κ1) is 25.9. The lowest BCUT2D eigenvalue weighted by Gasteiger charge is -2.32. The van der Waals surface area contributed by atoms with Crippen molar-refractivity contribution in [1.29, 1.82) is 0 Å². The molecule has 0 saturated carbocycles. The first-order chi connectivity index (χ1) is 13.6. The van der Waals surface area contributed by atoms with E-state index in [1.54, 1.807) is 18.2 Å². The Balaban J connectivity index is 0.00000420.